The number of carbonyl (C=O) groups is 15. The van der Waals surface area contributed by atoms with Gasteiger partial charge in [0.2, 0.25) is 47.3 Å². The first-order valence-corrected chi connectivity index (χ1v) is 36.6. The number of nitrogens with zero attached hydrogens (tertiary/aromatic N) is 3. The van der Waals surface area contributed by atoms with Gasteiger partial charge in [-0.3, -0.25) is 77.0 Å². The summed E-state index contributed by atoms with van der Waals surface area (Å²) in [6.07, 6.45) is 10.6. The second kappa shape index (κ2) is 46.5. The van der Waals surface area contributed by atoms with E-state index in [4.69, 9.17) is 16.2 Å². The maximum Gasteiger partial charge on any atom is 0.312 e. The summed E-state index contributed by atoms with van der Waals surface area (Å²) < 4.78 is 5.00. The summed E-state index contributed by atoms with van der Waals surface area (Å²) in [7, 11) is 0. The second-order valence-corrected chi connectivity index (χ2v) is 29.1. The van der Waals surface area contributed by atoms with Gasteiger partial charge >= 0.3 is 12.0 Å². The van der Waals surface area contributed by atoms with E-state index in [1.165, 1.54) is 28.5 Å². The van der Waals surface area contributed by atoms with Crippen LogP contribution in [0.15, 0.2) is 36.7 Å². The van der Waals surface area contributed by atoms with Crippen molar-refractivity contribution in [2.24, 2.45) is 70.6 Å². The van der Waals surface area contributed by atoms with E-state index in [1.54, 1.807) is 31.2 Å². The number of unbranched alkanes of at least 4 members (excludes halogenated alkanes) is 6. The normalized spacial score (nSPS) is 17.2. The van der Waals surface area contributed by atoms with E-state index in [1.807, 2.05) is 69.2 Å². The number of amides is 10. The SMILES string of the molecule is C=C(N)NCCC[C@H](NC(=O)[C@@H](CC(=O)CCCCCN1C(=O)CC(C(C)C)C1=O)C(C)C)C(C)=O.CC(=O)CCCCCN1C(=O)CC(C(C)C)C1=O.CC(=O)OCc1ccc(CC(=O)[C@H](CCCNC(N)=O)NC(=O)[C@@H](CC(=O)CCCCCN2C(=O)CC(C(C)C)C2=O)C(C)C)cc1. The number of imide groups is 3. The molecule has 3 aliphatic rings. The Kier molecular flexibility index (Phi) is 41.0. The van der Waals surface area contributed by atoms with Crippen molar-refractivity contribution in [2.45, 2.75) is 250 Å². The number of Topliss-reactive ketones (excluding diaryl/α,β-unsaturated/α-hetero) is 5. The van der Waals surface area contributed by atoms with E-state index >= 15 is 0 Å². The molecule has 3 heterocycles. The monoisotopic (exact) mass is 1420 g/mol. The average Bonchev–Trinajstić information content (AvgIpc) is 1.71. The van der Waals surface area contributed by atoms with Gasteiger partial charge in [-0.05, 0) is 119 Å². The number of nitrogens with two attached hydrogens (primary N) is 2. The summed E-state index contributed by atoms with van der Waals surface area (Å²) in [6, 6.07) is 4.95. The fourth-order valence-corrected chi connectivity index (χ4v) is 12.3. The number of hydrogen-bond acceptors (Lipinski definition) is 18. The Morgan fingerprint density at radius 1 is 0.495 bits per heavy atom. The number of urea groups is 1. The summed E-state index contributed by atoms with van der Waals surface area (Å²) in [4.78, 5) is 187. The molecule has 0 spiro atoms. The highest BCUT2D eigenvalue weighted by Gasteiger charge is 2.42. The maximum absolute atomic E-state index is 13.4. The fraction of sp³-hybridized carbons (Fsp3) is 0.697. The minimum atomic E-state index is -0.833. The highest BCUT2D eigenvalue weighted by Crippen LogP contribution is 2.30. The van der Waals surface area contributed by atoms with Crippen LogP contribution < -0.4 is 32.7 Å². The van der Waals surface area contributed by atoms with Gasteiger partial charge in [-0.2, -0.15) is 0 Å². The third kappa shape index (κ3) is 33.6. The van der Waals surface area contributed by atoms with Crippen molar-refractivity contribution in [3.8, 4) is 0 Å². The lowest BCUT2D eigenvalue weighted by molar-refractivity contribution is -0.142. The molecule has 8 N–H and O–H groups in total. The summed E-state index contributed by atoms with van der Waals surface area (Å²) >= 11 is 0. The van der Waals surface area contributed by atoms with Crippen LogP contribution in [0.25, 0.3) is 0 Å². The summed E-state index contributed by atoms with van der Waals surface area (Å²) in [5.41, 5.74) is 12.1. The first-order valence-electron chi connectivity index (χ1n) is 36.6. The van der Waals surface area contributed by atoms with E-state index in [9.17, 15) is 71.9 Å². The largest absolute Gasteiger partial charge is 0.461 e. The van der Waals surface area contributed by atoms with Gasteiger partial charge in [0.15, 0.2) is 11.6 Å². The van der Waals surface area contributed by atoms with Crippen molar-refractivity contribution in [3.63, 3.8) is 0 Å². The highest BCUT2D eigenvalue weighted by molar-refractivity contribution is 6.05. The lowest BCUT2D eigenvalue weighted by Gasteiger charge is -2.24. The molecule has 0 radical (unpaired) electrons. The number of carbonyl (C=O) groups excluding carboxylic acids is 15. The van der Waals surface area contributed by atoms with Crippen molar-refractivity contribution >= 4 is 88.2 Å². The summed E-state index contributed by atoms with van der Waals surface area (Å²) in [5.74, 6) is -2.82. The van der Waals surface area contributed by atoms with Gasteiger partial charge in [0.05, 0.1) is 17.9 Å². The molecule has 0 aromatic heterocycles. The van der Waals surface area contributed by atoms with Crippen LogP contribution in [0.3, 0.4) is 0 Å². The number of ketones is 5. The number of hydrogen-bond donors (Lipinski definition) is 6. The number of likely N-dealkylation sites (tertiary alicyclic amines) is 3. The molecular formula is C76H121N9O16. The molecule has 1 aromatic rings. The van der Waals surface area contributed by atoms with Crippen LogP contribution in [0.2, 0.25) is 0 Å². The average molecular weight is 1420 g/mol. The van der Waals surface area contributed by atoms with Gasteiger partial charge in [-0.25, -0.2) is 4.79 Å². The molecule has 3 aliphatic heterocycles. The van der Waals surface area contributed by atoms with Gasteiger partial charge in [-0.1, -0.05) is 119 Å². The first-order chi connectivity index (χ1) is 47.5. The van der Waals surface area contributed by atoms with Crippen molar-refractivity contribution in [3.05, 3.63) is 47.8 Å². The number of primary amides is 1. The Morgan fingerprint density at radius 2 is 0.861 bits per heavy atom. The van der Waals surface area contributed by atoms with E-state index in [0.717, 1.165) is 36.8 Å². The van der Waals surface area contributed by atoms with Crippen molar-refractivity contribution in [1.82, 2.24) is 36.0 Å². The van der Waals surface area contributed by atoms with Gasteiger partial charge in [0, 0.05) is 127 Å². The van der Waals surface area contributed by atoms with Gasteiger partial charge < -0.3 is 42.3 Å². The number of rotatable bonds is 46. The second-order valence-electron chi connectivity index (χ2n) is 29.1. The maximum atomic E-state index is 13.4. The van der Waals surface area contributed by atoms with E-state index < -0.39 is 30.0 Å². The first kappa shape index (κ1) is 89.1. The molecule has 3 unspecified atom stereocenters. The van der Waals surface area contributed by atoms with E-state index in [0.29, 0.717) is 109 Å². The molecule has 0 saturated carbocycles. The van der Waals surface area contributed by atoms with Crippen LogP contribution in [-0.4, -0.2) is 148 Å². The third-order valence-corrected chi connectivity index (χ3v) is 18.9. The van der Waals surface area contributed by atoms with Crippen LogP contribution in [0.4, 0.5) is 4.79 Å². The quantitative estimate of drug-likeness (QED) is 0.0202. The molecule has 101 heavy (non-hydrogen) atoms. The molecule has 3 saturated heterocycles. The minimum absolute atomic E-state index is 0.00193. The molecule has 1 aromatic carbocycles. The van der Waals surface area contributed by atoms with Crippen LogP contribution >= 0.6 is 0 Å². The zero-order valence-electron chi connectivity index (χ0n) is 62.8. The van der Waals surface area contributed by atoms with Crippen LogP contribution in [0.5, 0.6) is 0 Å². The van der Waals surface area contributed by atoms with E-state index in [-0.39, 0.29) is 181 Å². The molecular weight excluding hydrogens is 1290 g/mol. The zero-order valence-corrected chi connectivity index (χ0v) is 62.8. The molecule has 10 amide bonds. The summed E-state index contributed by atoms with van der Waals surface area (Å²) in [6.45, 7) is 29.4. The Labute approximate surface area is 599 Å². The molecule has 25 heteroatoms. The summed E-state index contributed by atoms with van der Waals surface area (Å²) in [5, 5.41) is 11.1. The minimum Gasteiger partial charge on any atom is -0.461 e. The van der Waals surface area contributed by atoms with Crippen molar-refractivity contribution in [1.29, 1.82) is 0 Å². The van der Waals surface area contributed by atoms with Crippen molar-refractivity contribution < 1.29 is 76.7 Å². The molecule has 4 rings (SSSR count). The van der Waals surface area contributed by atoms with Gasteiger partial charge in [-0.15, -0.1) is 0 Å². The number of esters is 1. The molecule has 3 fully saturated rings. The molecule has 566 valence electrons. The predicted octanol–water partition coefficient (Wildman–Crippen LogP) is 8.47. The van der Waals surface area contributed by atoms with Gasteiger partial charge in [0.1, 0.15) is 24.0 Å². The fourth-order valence-electron chi connectivity index (χ4n) is 12.3. The molecule has 0 aliphatic carbocycles. The Bertz CT molecular complexity index is 2980. The van der Waals surface area contributed by atoms with Crippen LogP contribution in [0.1, 0.15) is 236 Å². The van der Waals surface area contributed by atoms with Crippen LogP contribution in [0, 0.1) is 59.2 Å². The lowest BCUT2D eigenvalue weighted by atomic mass is 9.88. The molecule has 25 nitrogen and oxygen atoms in total. The molecule has 0 bridgehead atoms. The van der Waals surface area contributed by atoms with Gasteiger partial charge in [0.25, 0.3) is 0 Å². The number of ether oxygens (including phenoxy) is 1. The van der Waals surface area contributed by atoms with E-state index in [2.05, 4.69) is 27.8 Å². The lowest BCUT2D eigenvalue weighted by Crippen LogP contribution is -2.46. The van der Waals surface area contributed by atoms with Crippen molar-refractivity contribution in [2.75, 3.05) is 32.7 Å². The Balaban J connectivity index is 0.000000564. The predicted molar refractivity (Wildman–Crippen MR) is 384 cm³/mol. The molecule has 7 atom stereocenters. The number of nitrogens with one attached hydrogen (secondary N) is 4. The topological polar surface area (TPSA) is 375 Å². The number of benzene rings is 1. The third-order valence-electron chi connectivity index (χ3n) is 18.9. The van der Waals surface area contributed by atoms with Crippen LogP contribution in [-0.2, 0) is 84.9 Å². The Hall–Kier alpha value is -7.99. The smallest absolute Gasteiger partial charge is 0.312 e. The Morgan fingerprint density at radius 3 is 1.20 bits per heavy atom. The highest BCUT2D eigenvalue weighted by atomic mass is 16.5. The standard InChI is InChI=1S/C35H52N4O8.C27H46N4O5.C14H23NO3/c1-22(2)28(19-27(41)10-7-6-8-17-39-32(43)20-29(23(3)4)34(39)45)33(44)38-30(11-9-16-37-35(36)46)31(42)18-25-12-14-26(15-13-25)21-47-24(5)40;1-17(2)22(26(35)30-24(19(5)32)12-10-13-29-20(6)28)15-21(33)11-8-7-9-14-31-25(34)16-23(18(3)4)27(31)36;1-10(2)12-9-13(17)15(14(12)18)8-6-4-5-7-11(3)16/h12-15,22-23,28-30H,6-11,16-21H2,1-5H3,(H,38,44)(H3,36,37,46);17-18,22-24,29H,6-16,28H2,1-5H3,(H,30,35);10,12H,4-9H2,1-3H3/t28-,29?,30-;22-,23?,24-;/m00./s1. The zero-order chi connectivity index (χ0) is 76.2.